The summed E-state index contributed by atoms with van der Waals surface area (Å²) < 4.78 is 3.53. The van der Waals surface area contributed by atoms with Crippen molar-refractivity contribution in [3.63, 3.8) is 0 Å². The molecule has 0 aliphatic rings. The van der Waals surface area contributed by atoms with Crippen LogP contribution in [-0.2, 0) is 13.6 Å². The van der Waals surface area contributed by atoms with Crippen molar-refractivity contribution in [2.75, 3.05) is 5.32 Å². The van der Waals surface area contributed by atoms with Crippen LogP contribution in [0.15, 0.2) is 18.2 Å². The minimum Gasteiger partial charge on any atom is -0.319 e. The maximum absolute atomic E-state index is 12.8. The Morgan fingerprint density at radius 2 is 1.78 bits per heavy atom. The molecule has 0 saturated carbocycles. The lowest BCUT2D eigenvalue weighted by molar-refractivity contribution is 0.102. The molecule has 142 valence electrons. The van der Waals surface area contributed by atoms with Crippen LogP contribution >= 0.6 is 23.2 Å². The van der Waals surface area contributed by atoms with Gasteiger partial charge in [-0.1, -0.05) is 29.3 Å². The van der Waals surface area contributed by atoms with Crippen molar-refractivity contribution in [1.29, 1.82) is 0 Å². The number of hydrogen-bond acceptors (Lipinski definition) is 3. The molecule has 0 aliphatic carbocycles. The highest BCUT2D eigenvalue weighted by atomic mass is 35.5. The monoisotopic (exact) mass is 405 g/mol. The number of rotatable bonds is 4. The second-order valence-corrected chi connectivity index (χ2v) is 7.41. The first-order chi connectivity index (χ1) is 12.7. The molecule has 0 unspecified atom stereocenters. The first kappa shape index (κ1) is 19.5. The quantitative estimate of drug-likeness (QED) is 0.696. The van der Waals surface area contributed by atoms with Gasteiger partial charge in [0.25, 0.3) is 5.91 Å². The van der Waals surface area contributed by atoms with E-state index in [1.807, 2.05) is 45.5 Å². The predicted molar refractivity (Wildman–Crippen MR) is 108 cm³/mol. The van der Waals surface area contributed by atoms with Crippen molar-refractivity contribution in [3.05, 3.63) is 62.1 Å². The topological polar surface area (TPSA) is 64.7 Å². The van der Waals surface area contributed by atoms with Crippen LogP contribution in [0.1, 0.15) is 38.7 Å². The smallest absolute Gasteiger partial charge is 0.259 e. The lowest BCUT2D eigenvalue weighted by Crippen LogP contribution is -2.15. The van der Waals surface area contributed by atoms with E-state index >= 15 is 0 Å². The number of benzene rings is 1. The average Bonchev–Trinajstić information content (AvgIpc) is 2.99. The number of aryl methyl sites for hydroxylation is 3. The number of aromatic nitrogens is 4. The number of nitrogens with zero attached hydrogens (tertiary/aromatic N) is 4. The zero-order chi connectivity index (χ0) is 19.9. The fourth-order valence-corrected chi connectivity index (χ4v) is 3.59. The van der Waals surface area contributed by atoms with Gasteiger partial charge in [0.15, 0.2) is 0 Å². The van der Waals surface area contributed by atoms with Gasteiger partial charge in [-0.15, -0.1) is 0 Å². The van der Waals surface area contributed by atoms with Crippen LogP contribution in [-0.4, -0.2) is 25.5 Å². The van der Waals surface area contributed by atoms with Crippen molar-refractivity contribution in [2.45, 2.75) is 34.2 Å². The molecule has 6 nitrogen and oxygen atoms in total. The van der Waals surface area contributed by atoms with Crippen LogP contribution in [0.4, 0.5) is 5.69 Å². The molecule has 27 heavy (non-hydrogen) atoms. The Morgan fingerprint density at radius 1 is 1.07 bits per heavy atom. The molecule has 0 aliphatic heterocycles. The zero-order valence-corrected chi connectivity index (χ0v) is 17.4. The molecular formula is C19H21Cl2N5O. The van der Waals surface area contributed by atoms with Gasteiger partial charge < -0.3 is 5.32 Å². The van der Waals surface area contributed by atoms with E-state index in [9.17, 15) is 4.79 Å². The first-order valence-electron chi connectivity index (χ1n) is 8.48. The van der Waals surface area contributed by atoms with E-state index in [0.29, 0.717) is 33.5 Å². The number of carbonyl (C=O) groups excluding carboxylic acids is 1. The highest BCUT2D eigenvalue weighted by Crippen LogP contribution is 2.26. The predicted octanol–water partition coefficient (Wildman–Crippen LogP) is 4.46. The molecule has 0 fully saturated rings. The summed E-state index contributed by atoms with van der Waals surface area (Å²) in [5.41, 5.74) is 5.31. The standard InChI is InChI=1S/C19H21Cl2N5O/c1-10-17(12(3)25(5)23-10)19(27)22-18-11(2)24-26(13(18)4)9-14-6-7-15(20)8-16(14)21/h6-8H,9H2,1-5H3,(H,22,27). The Kier molecular flexibility index (Phi) is 5.31. The fraction of sp³-hybridized carbons (Fsp3) is 0.316. The fourth-order valence-electron chi connectivity index (χ4n) is 3.12. The molecule has 0 saturated heterocycles. The van der Waals surface area contributed by atoms with Gasteiger partial charge in [0.1, 0.15) is 0 Å². The van der Waals surface area contributed by atoms with Crippen LogP contribution < -0.4 is 5.32 Å². The summed E-state index contributed by atoms with van der Waals surface area (Å²) in [6.07, 6.45) is 0. The summed E-state index contributed by atoms with van der Waals surface area (Å²) in [7, 11) is 1.82. The van der Waals surface area contributed by atoms with E-state index in [-0.39, 0.29) is 5.91 Å². The van der Waals surface area contributed by atoms with Gasteiger partial charge in [-0.25, -0.2) is 0 Å². The summed E-state index contributed by atoms with van der Waals surface area (Å²) in [6.45, 7) is 7.98. The molecule has 1 amide bonds. The van der Waals surface area contributed by atoms with Gasteiger partial charge in [-0.05, 0) is 45.4 Å². The molecule has 2 heterocycles. The Morgan fingerprint density at radius 3 is 2.37 bits per heavy atom. The van der Waals surface area contributed by atoms with Crippen molar-refractivity contribution < 1.29 is 4.79 Å². The lowest BCUT2D eigenvalue weighted by Gasteiger charge is -2.09. The molecule has 0 spiro atoms. The molecule has 0 atom stereocenters. The molecule has 0 radical (unpaired) electrons. The van der Waals surface area contributed by atoms with Gasteiger partial charge in [0, 0.05) is 22.8 Å². The highest BCUT2D eigenvalue weighted by molar-refractivity contribution is 6.35. The highest BCUT2D eigenvalue weighted by Gasteiger charge is 2.21. The van der Waals surface area contributed by atoms with Gasteiger partial charge in [0.05, 0.1) is 34.9 Å². The van der Waals surface area contributed by atoms with Gasteiger partial charge in [-0.2, -0.15) is 10.2 Å². The average molecular weight is 406 g/mol. The summed E-state index contributed by atoms with van der Waals surface area (Å²) >= 11 is 12.2. The third kappa shape index (κ3) is 3.73. The maximum atomic E-state index is 12.8. The van der Waals surface area contributed by atoms with E-state index in [0.717, 1.165) is 22.6 Å². The second-order valence-electron chi connectivity index (χ2n) is 6.56. The third-order valence-corrected chi connectivity index (χ3v) is 5.28. The Labute approximate surface area is 168 Å². The van der Waals surface area contributed by atoms with Crippen LogP contribution in [0.25, 0.3) is 0 Å². The summed E-state index contributed by atoms with van der Waals surface area (Å²) in [5.74, 6) is -0.187. The summed E-state index contributed by atoms with van der Waals surface area (Å²) in [6, 6.07) is 5.38. The SMILES string of the molecule is Cc1nn(Cc2ccc(Cl)cc2Cl)c(C)c1NC(=O)c1c(C)nn(C)c1C. The molecule has 3 rings (SSSR count). The zero-order valence-electron chi connectivity index (χ0n) is 15.9. The number of hydrogen-bond donors (Lipinski definition) is 1. The number of halogens is 2. The number of anilines is 1. The molecule has 3 aromatic rings. The molecule has 2 aromatic heterocycles. The Balaban J connectivity index is 1.88. The molecule has 8 heteroatoms. The third-order valence-electron chi connectivity index (χ3n) is 4.69. The minimum atomic E-state index is -0.187. The van der Waals surface area contributed by atoms with Gasteiger partial charge >= 0.3 is 0 Å². The van der Waals surface area contributed by atoms with Crippen LogP contribution in [0, 0.1) is 27.7 Å². The number of nitrogens with one attached hydrogen (secondary N) is 1. The molecular weight excluding hydrogens is 385 g/mol. The van der Waals surface area contributed by atoms with Gasteiger partial charge in [-0.3, -0.25) is 14.2 Å². The lowest BCUT2D eigenvalue weighted by atomic mass is 10.1. The number of carbonyl (C=O) groups is 1. The van der Waals surface area contributed by atoms with Crippen LogP contribution in [0.2, 0.25) is 10.0 Å². The van der Waals surface area contributed by atoms with Crippen molar-refractivity contribution in [3.8, 4) is 0 Å². The Hall–Kier alpha value is -2.31. The van der Waals surface area contributed by atoms with E-state index in [1.54, 1.807) is 16.8 Å². The maximum Gasteiger partial charge on any atom is 0.259 e. The molecule has 0 bridgehead atoms. The van der Waals surface area contributed by atoms with Crippen molar-refractivity contribution in [1.82, 2.24) is 19.6 Å². The van der Waals surface area contributed by atoms with E-state index in [1.165, 1.54) is 0 Å². The Bertz CT molecular complexity index is 1040. The van der Waals surface area contributed by atoms with Crippen LogP contribution in [0.5, 0.6) is 0 Å². The minimum absolute atomic E-state index is 0.187. The van der Waals surface area contributed by atoms with Gasteiger partial charge in [0.2, 0.25) is 0 Å². The molecule has 1 N–H and O–H groups in total. The molecule has 1 aromatic carbocycles. The van der Waals surface area contributed by atoms with Crippen molar-refractivity contribution >= 4 is 34.8 Å². The summed E-state index contributed by atoms with van der Waals surface area (Å²) in [4.78, 5) is 12.8. The second kappa shape index (κ2) is 7.37. The van der Waals surface area contributed by atoms with E-state index in [4.69, 9.17) is 23.2 Å². The van der Waals surface area contributed by atoms with Crippen LogP contribution in [0.3, 0.4) is 0 Å². The largest absolute Gasteiger partial charge is 0.319 e. The normalized spacial score (nSPS) is 11.1. The summed E-state index contributed by atoms with van der Waals surface area (Å²) in [5, 5.41) is 13.0. The number of amides is 1. The van der Waals surface area contributed by atoms with E-state index < -0.39 is 0 Å². The first-order valence-corrected chi connectivity index (χ1v) is 9.24. The van der Waals surface area contributed by atoms with Crippen molar-refractivity contribution in [2.24, 2.45) is 7.05 Å². The van der Waals surface area contributed by atoms with E-state index in [2.05, 4.69) is 15.5 Å².